The topological polar surface area (TPSA) is 42.0 Å². The predicted molar refractivity (Wildman–Crippen MR) is 51.5 cm³/mol. The maximum absolute atomic E-state index is 11.6. The van der Waals surface area contributed by atoms with E-state index < -0.39 is 0 Å². The number of carbonyl (C=O) groups excluding carboxylic acids is 1. The fraction of sp³-hybridized carbons (Fsp3) is 0.333. The molecule has 0 atom stereocenters. The van der Waals surface area contributed by atoms with Crippen molar-refractivity contribution in [3.05, 3.63) is 22.3 Å². The third kappa shape index (κ3) is 0.839. The van der Waals surface area contributed by atoms with Gasteiger partial charge in [-0.2, -0.15) is 0 Å². The van der Waals surface area contributed by atoms with E-state index in [2.05, 4.69) is 26.2 Å². The van der Waals surface area contributed by atoms with Gasteiger partial charge in [0.25, 0.3) is 0 Å². The van der Waals surface area contributed by atoms with Crippen molar-refractivity contribution in [2.45, 2.75) is 18.3 Å². The summed E-state index contributed by atoms with van der Waals surface area (Å²) >= 11 is 3.36. The SMILES string of the molecule is O=C1Nc2ncc(Br)cc2C12CC2. The van der Waals surface area contributed by atoms with Crippen LogP contribution in [0.15, 0.2) is 16.7 Å². The minimum atomic E-state index is -0.216. The fourth-order valence-electron chi connectivity index (χ4n) is 1.87. The van der Waals surface area contributed by atoms with Gasteiger partial charge in [0.05, 0.1) is 5.41 Å². The zero-order valence-electron chi connectivity index (χ0n) is 6.80. The summed E-state index contributed by atoms with van der Waals surface area (Å²) in [6.07, 6.45) is 3.63. The summed E-state index contributed by atoms with van der Waals surface area (Å²) in [4.78, 5) is 15.7. The Balaban J connectivity index is 2.24. The maximum Gasteiger partial charge on any atom is 0.236 e. The van der Waals surface area contributed by atoms with E-state index in [1.54, 1.807) is 6.20 Å². The van der Waals surface area contributed by atoms with Gasteiger partial charge in [-0.25, -0.2) is 4.98 Å². The molecule has 2 heterocycles. The molecule has 4 heteroatoms. The lowest BCUT2D eigenvalue weighted by molar-refractivity contribution is -0.117. The molecule has 1 N–H and O–H groups in total. The Labute approximate surface area is 83.7 Å². The van der Waals surface area contributed by atoms with Crippen molar-refractivity contribution in [1.29, 1.82) is 0 Å². The molecule has 1 saturated carbocycles. The average Bonchev–Trinajstić information content (AvgIpc) is 2.83. The van der Waals surface area contributed by atoms with Gasteiger partial charge < -0.3 is 5.32 Å². The molecule has 3 rings (SSSR count). The quantitative estimate of drug-likeness (QED) is 0.750. The number of hydrogen-bond acceptors (Lipinski definition) is 2. The standard InChI is InChI=1S/C9H7BrN2O/c10-5-3-6-7(11-4-5)12-8(13)9(6)1-2-9/h3-4H,1-2H2,(H,11,12,13). The van der Waals surface area contributed by atoms with Crippen LogP contribution in [0.1, 0.15) is 18.4 Å². The number of carbonyl (C=O) groups is 1. The number of nitrogens with zero attached hydrogens (tertiary/aromatic N) is 1. The van der Waals surface area contributed by atoms with Gasteiger partial charge in [0.15, 0.2) is 0 Å². The molecule has 66 valence electrons. The highest BCUT2D eigenvalue weighted by atomic mass is 79.9. The van der Waals surface area contributed by atoms with Crippen molar-refractivity contribution in [3.8, 4) is 0 Å². The zero-order valence-corrected chi connectivity index (χ0v) is 8.39. The molecule has 0 radical (unpaired) electrons. The number of pyridine rings is 1. The molecule has 0 aromatic carbocycles. The highest BCUT2D eigenvalue weighted by Crippen LogP contribution is 2.54. The van der Waals surface area contributed by atoms with Crippen LogP contribution in [0.2, 0.25) is 0 Å². The molecule has 1 fully saturated rings. The second kappa shape index (κ2) is 2.12. The number of anilines is 1. The molecule has 0 unspecified atom stereocenters. The summed E-state index contributed by atoms with van der Waals surface area (Å²) in [7, 11) is 0. The molecule has 1 aromatic heterocycles. The zero-order chi connectivity index (χ0) is 9.05. The van der Waals surface area contributed by atoms with Crippen LogP contribution < -0.4 is 5.32 Å². The third-order valence-electron chi connectivity index (χ3n) is 2.79. The number of nitrogens with one attached hydrogen (secondary N) is 1. The molecule has 1 spiro atoms. The molecule has 13 heavy (non-hydrogen) atoms. The minimum absolute atomic E-state index is 0.119. The van der Waals surface area contributed by atoms with E-state index in [0.29, 0.717) is 0 Å². The lowest BCUT2D eigenvalue weighted by atomic mass is 10.00. The molecule has 0 saturated heterocycles. The van der Waals surface area contributed by atoms with Crippen LogP contribution in [0.25, 0.3) is 0 Å². The van der Waals surface area contributed by atoms with Gasteiger partial charge in [-0.15, -0.1) is 0 Å². The first kappa shape index (κ1) is 7.50. The molecule has 1 aromatic rings. The van der Waals surface area contributed by atoms with Gasteiger partial charge in [-0.1, -0.05) is 0 Å². The molecular weight excluding hydrogens is 232 g/mol. The molecule has 3 nitrogen and oxygen atoms in total. The third-order valence-corrected chi connectivity index (χ3v) is 3.22. The molecular formula is C9H7BrN2O. The fourth-order valence-corrected chi connectivity index (χ4v) is 2.21. The van der Waals surface area contributed by atoms with E-state index in [1.807, 2.05) is 6.07 Å². The van der Waals surface area contributed by atoms with E-state index in [1.165, 1.54) is 0 Å². The molecule has 1 amide bonds. The number of hydrogen-bond donors (Lipinski definition) is 1. The average molecular weight is 239 g/mol. The van der Waals surface area contributed by atoms with E-state index in [9.17, 15) is 4.79 Å². The first-order chi connectivity index (χ1) is 6.22. The number of fused-ring (bicyclic) bond motifs is 2. The normalized spacial score (nSPS) is 21.5. The number of aromatic nitrogens is 1. The minimum Gasteiger partial charge on any atom is -0.310 e. The van der Waals surface area contributed by atoms with E-state index in [-0.39, 0.29) is 11.3 Å². The Morgan fingerprint density at radius 3 is 3.00 bits per heavy atom. The van der Waals surface area contributed by atoms with Gasteiger partial charge in [0.2, 0.25) is 5.91 Å². The lowest BCUT2D eigenvalue weighted by Gasteiger charge is -2.02. The van der Waals surface area contributed by atoms with E-state index >= 15 is 0 Å². The second-order valence-corrected chi connectivity index (χ2v) is 4.50. The highest BCUT2D eigenvalue weighted by Gasteiger charge is 2.56. The monoisotopic (exact) mass is 238 g/mol. The number of halogens is 1. The van der Waals surface area contributed by atoms with Gasteiger partial charge in [0, 0.05) is 16.2 Å². The van der Waals surface area contributed by atoms with Crippen molar-refractivity contribution in [2.24, 2.45) is 0 Å². The Morgan fingerprint density at radius 2 is 2.31 bits per heavy atom. The first-order valence-electron chi connectivity index (χ1n) is 4.20. The number of rotatable bonds is 0. The van der Waals surface area contributed by atoms with Crippen LogP contribution in [-0.4, -0.2) is 10.9 Å². The Bertz CT molecular complexity index is 412. The summed E-state index contributed by atoms with van der Waals surface area (Å²) < 4.78 is 0.939. The van der Waals surface area contributed by atoms with Gasteiger partial charge in [-0.3, -0.25) is 4.79 Å². The van der Waals surface area contributed by atoms with E-state index in [0.717, 1.165) is 28.7 Å². The van der Waals surface area contributed by atoms with Crippen molar-refractivity contribution < 1.29 is 4.79 Å². The smallest absolute Gasteiger partial charge is 0.236 e. The van der Waals surface area contributed by atoms with Crippen molar-refractivity contribution >= 4 is 27.7 Å². The summed E-state index contributed by atoms with van der Waals surface area (Å²) in [6, 6.07) is 1.99. The lowest BCUT2D eigenvalue weighted by Crippen LogP contribution is -2.18. The Hall–Kier alpha value is -0.900. The summed E-state index contributed by atoms with van der Waals surface area (Å²) in [6.45, 7) is 0. The van der Waals surface area contributed by atoms with Crippen LogP contribution in [0.3, 0.4) is 0 Å². The van der Waals surface area contributed by atoms with Crippen LogP contribution in [0.4, 0.5) is 5.82 Å². The Morgan fingerprint density at radius 1 is 1.54 bits per heavy atom. The number of amides is 1. The van der Waals surface area contributed by atoms with Crippen molar-refractivity contribution in [2.75, 3.05) is 5.32 Å². The summed E-state index contributed by atoms with van der Waals surface area (Å²) in [5.41, 5.74) is 0.846. The predicted octanol–water partition coefficient (Wildman–Crippen LogP) is 1.83. The second-order valence-electron chi connectivity index (χ2n) is 3.59. The molecule has 2 aliphatic rings. The van der Waals surface area contributed by atoms with Crippen LogP contribution in [0.5, 0.6) is 0 Å². The van der Waals surface area contributed by atoms with Crippen LogP contribution >= 0.6 is 15.9 Å². The Kier molecular flexibility index (Phi) is 1.22. The maximum atomic E-state index is 11.6. The molecule has 1 aliphatic carbocycles. The molecule has 1 aliphatic heterocycles. The highest BCUT2D eigenvalue weighted by molar-refractivity contribution is 9.10. The van der Waals surface area contributed by atoms with Gasteiger partial charge in [0.1, 0.15) is 5.82 Å². The van der Waals surface area contributed by atoms with Gasteiger partial charge >= 0.3 is 0 Å². The summed E-state index contributed by atoms with van der Waals surface area (Å²) in [5, 5.41) is 2.81. The molecule has 0 bridgehead atoms. The van der Waals surface area contributed by atoms with Crippen molar-refractivity contribution in [1.82, 2.24) is 4.98 Å². The summed E-state index contributed by atoms with van der Waals surface area (Å²) in [5.74, 6) is 0.860. The van der Waals surface area contributed by atoms with Gasteiger partial charge in [-0.05, 0) is 34.8 Å². The van der Waals surface area contributed by atoms with Crippen LogP contribution in [-0.2, 0) is 10.2 Å². The van der Waals surface area contributed by atoms with E-state index in [4.69, 9.17) is 0 Å². The first-order valence-corrected chi connectivity index (χ1v) is 4.99. The van der Waals surface area contributed by atoms with Crippen LogP contribution in [0, 0.1) is 0 Å². The van der Waals surface area contributed by atoms with Crippen molar-refractivity contribution in [3.63, 3.8) is 0 Å². The largest absolute Gasteiger partial charge is 0.310 e.